The van der Waals surface area contributed by atoms with E-state index in [9.17, 15) is 0 Å². The molecule has 0 aromatic carbocycles. The molecule has 0 spiro atoms. The molecule has 1 N–H and O–H groups in total. The monoisotopic (exact) mass is 221 g/mol. The van der Waals surface area contributed by atoms with Crippen molar-refractivity contribution in [3.05, 3.63) is 22.4 Å². The van der Waals surface area contributed by atoms with Gasteiger partial charge in [-0.05, 0) is 49.0 Å². The van der Waals surface area contributed by atoms with Crippen LogP contribution in [0.1, 0.15) is 30.6 Å². The van der Waals surface area contributed by atoms with Crippen molar-refractivity contribution in [2.75, 3.05) is 6.54 Å². The topological polar surface area (TPSA) is 12.0 Å². The highest BCUT2D eigenvalue weighted by atomic mass is 32.1. The normalized spacial score (nSPS) is 33.7. The molecule has 1 nitrogen and oxygen atoms in total. The highest BCUT2D eigenvalue weighted by molar-refractivity contribution is 7.09. The maximum absolute atomic E-state index is 3.76. The number of hydrogen-bond acceptors (Lipinski definition) is 2. The van der Waals surface area contributed by atoms with Crippen molar-refractivity contribution in [2.45, 2.75) is 38.1 Å². The average molecular weight is 221 g/mol. The Morgan fingerprint density at radius 3 is 3.00 bits per heavy atom. The van der Waals surface area contributed by atoms with E-state index in [1.54, 1.807) is 0 Å². The summed E-state index contributed by atoms with van der Waals surface area (Å²) in [6.07, 6.45) is 7.17. The lowest BCUT2D eigenvalue weighted by atomic mass is 9.95. The first kappa shape index (κ1) is 9.86. The molecule has 2 aliphatic carbocycles. The third kappa shape index (κ3) is 2.11. The number of nitrogens with one attached hydrogen (secondary N) is 1. The standard InChI is InChI=1S/C13H19NS/c1-2-12(15-7-1)5-6-14-13-9-10-3-4-11(13)8-10/h1-2,7,10-11,13-14H,3-6,8-9H2/t10-,11-,13+/m1/s1. The number of thiophene rings is 1. The van der Waals surface area contributed by atoms with E-state index in [0.29, 0.717) is 0 Å². The Balaban J connectivity index is 1.43. The van der Waals surface area contributed by atoms with Crippen LogP contribution >= 0.6 is 11.3 Å². The molecule has 2 bridgehead atoms. The van der Waals surface area contributed by atoms with Gasteiger partial charge in [0.25, 0.3) is 0 Å². The molecule has 2 fully saturated rings. The zero-order valence-corrected chi connectivity index (χ0v) is 9.93. The van der Waals surface area contributed by atoms with Gasteiger partial charge in [0.1, 0.15) is 0 Å². The second-order valence-electron chi connectivity index (χ2n) is 5.06. The van der Waals surface area contributed by atoms with Gasteiger partial charge in [-0.15, -0.1) is 11.3 Å². The van der Waals surface area contributed by atoms with Crippen molar-refractivity contribution in [1.82, 2.24) is 5.32 Å². The summed E-state index contributed by atoms with van der Waals surface area (Å²) in [5, 5.41) is 5.93. The minimum Gasteiger partial charge on any atom is -0.313 e. The van der Waals surface area contributed by atoms with Crippen LogP contribution in [0.15, 0.2) is 17.5 Å². The van der Waals surface area contributed by atoms with Gasteiger partial charge in [-0.25, -0.2) is 0 Å². The Morgan fingerprint density at radius 1 is 1.33 bits per heavy atom. The van der Waals surface area contributed by atoms with Gasteiger partial charge >= 0.3 is 0 Å². The second kappa shape index (κ2) is 4.26. The quantitative estimate of drug-likeness (QED) is 0.824. The van der Waals surface area contributed by atoms with Crippen LogP contribution in [0, 0.1) is 11.8 Å². The van der Waals surface area contributed by atoms with Crippen molar-refractivity contribution in [1.29, 1.82) is 0 Å². The Morgan fingerprint density at radius 2 is 2.33 bits per heavy atom. The fraction of sp³-hybridized carbons (Fsp3) is 0.692. The maximum atomic E-state index is 3.76. The van der Waals surface area contributed by atoms with Crippen molar-refractivity contribution in [2.24, 2.45) is 11.8 Å². The number of hydrogen-bond donors (Lipinski definition) is 1. The zero-order chi connectivity index (χ0) is 10.1. The Labute approximate surface area is 95.9 Å². The molecule has 3 atom stereocenters. The molecule has 0 unspecified atom stereocenters. The minimum absolute atomic E-state index is 0.851. The van der Waals surface area contributed by atoms with Crippen LogP contribution in [-0.2, 0) is 6.42 Å². The van der Waals surface area contributed by atoms with Gasteiger partial charge in [0.2, 0.25) is 0 Å². The van der Waals surface area contributed by atoms with E-state index >= 15 is 0 Å². The molecule has 2 saturated carbocycles. The van der Waals surface area contributed by atoms with E-state index in [2.05, 4.69) is 22.8 Å². The number of rotatable bonds is 4. The summed E-state index contributed by atoms with van der Waals surface area (Å²) in [5.74, 6) is 2.08. The minimum atomic E-state index is 0.851. The van der Waals surface area contributed by atoms with E-state index in [4.69, 9.17) is 0 Å². The first-order valence-electron chi connectivity index (χ1n) is 6.17. The summed E-state index contributed by atoms with van der Waals surface area (Å²) in [6.45, 7) is 1.18. The van der Waals surface area contributed by atoms with Crippen molar-refractivity contribution >= 4 is 11.3 Å². The van der Waals surface area contributed by atoms with Gasteiger partial charge in [0.15, 0.2) is 0 Å². The van der Waals surface area contributed by atoms with Crippen LogP contribution in [0.2, 0.25) is 0 Å². The van der Waals surface area contributed by atoms with Gasteiger partial charge in [-0.1, -0.05) is 12.5 Å². The third-order valence-corrected chi connectivity index (χ3v) is 5.03. The fourth-order valence-electron chi connectivity index (χ4n) is 3.33. The first-order chi connectivity index (χ1) is 7.42. The Bertz CT molecular complexity index is 306. The van der Waals surface area contributed by atoms with Gasteiger partial charge < -0.3 is 5.32 Å². The Hall–Kier alpha value is -0.340. The van der Waals surface area contributed by atoms with Crippen molar-refractivity contribution in [3.8, 4) is 0 Å². The summed E-state index contributed by atoms with van der Waals surface area (Å²) in [4.78, 5) is 1.52. The Kier molecular flexibility index (Phi) is 2.80. The lowest BCUT2D eigenvalue weighted by Crippen LogP contribution is -2.35. The van der Waals surface area contributed by atoms with Crippen LogP contribution in [-0.4, -0.2) is 12.6 Å². The molecule has 0 amide bonds. The maximum Gasteiger partial charge on any atom is 0.00982 e. The zero-order valence-electron chi connectivity index (χ0n) is 9.11. The molecule has 0 saturated heterocycles. The van der Waals surface area contributed by atoms with Crippen LogP contribution in [0.4, 0.5) is 0 Å². The summed E-state index contributed by atoms with van der Waals surface area (Å²) >= 11 is 1.88. The molecule has 1 aromatic rings. The van der Waals surface area contributed by atoms with Gasteiger partial charge in [-0.3, -0.25) is 0 Å². The molecule has 15 heavy (non-hydrogen) atoms. The molecular formula is C13H19NS. The lowest BCUT2D eigenvalue weighted by molar-refractivity contribution is 0.354. The summed E-state index contributed by atoms with van der Waals surface area (Å²) in [6, 6.07) is 5.24. The second-order valence-corrected chi connectivity index (χ2v) is 6.10. The van der Waals surface area contributed by atoms with E-state index in [1.165, 1.54) is 43.5 Å². The predicted octanol–water partition coefficient (Wildman–Crippen LogP) is 3.07. The van der Waals surface area contributed by atoms with E-state index < -0.39 is 0 Å². The molecule has 0 radical (unpaired) electrons. The van der Waals surface area contributed by atoms with Crippen LogP contribution in [0.3, 0.4) is 0 Å². The van der Waals surface area contributed by atoms with Crippen molar-refractivity contribution in [3.63, 3.8) is 0 Å². The summed E-state index contributed by atoms with van der Waals surface area (Å²) in [5.41, 5.74) is 0. The molecule has 0 aliphatic heterocycles. The summed E-state index contributed by atoms with van der Waals surface area (Å²) < 4.78 is 0. The van der Waals surface area contributed by atoms with E-state index in [-0.39, 0.29) is 0 Å². The van der Waals surface area contributed by atoms with Crippen LogP contribution in [0.25, 0.3) is 0 Å². The van der Waals surface area contributed by atoms with E-state index in [1.807, 2.05) is 11.3 Å². The van der Waals surface area contributed by atoms with E-state index in [0.717, 1.165) is 17.9 Å². The molecular weight excluding hydrogens is 202 g/mol. The van der Waals surface area contributed by atoms with Gasteiger partial charge in [-0.2, -0.15) is 0 Å². The highest BCUT2D eigenvalue weighted by Gasteiger charge is 2.38. The van der Waals surface area contributed by atoms with Crippen LogP contribution < -0.4 is 5.32 Å². The largest absolute Gasteiger partial charge is 0.313 e. The smallest absolute Gasteiger partial charge is 0.00982 e. The first-order valence-corrected chi connectivity index (χ1v) is 7.05. The summed E-state index contributed by atoms with van der Waals surface area (Å²) in [7, 11) is 0. The highest BCUT2D eigenvalue weighted by Crippen LogP contribution is 2.44. The molecule has 1 heterocycles. The molecule has 3 rings (SSSR count). The third-order valence-electron chi connectivity index (χ3n) is 4.10. The van der Waals surface area contributed by atoms with Crippen LogP contribution in [0.5, 0.6) is 0 Å². The fourth-order valence-corrected chi connectivity index (χ4v) is 4.04. The van der Waals surface area contributed by atoms with Gasteiger partial charge in [0, 0.05) is 17.5 Å². The van der Waals surface area contributed by atoms with Gasteiger partial charge in [0.05, 0.1) is 0 Å². The lowest BCUT2D eigenvalue weighted by Gasteiger charge is -2.22. The molecule has 1 aromatic heterocycles. The SMILES string of the molecule is c1csc(CCN[C@H]2C[C@@H]3CC[C@@H]2C3)c1. The van der Waals surface area contributed by atoms with Crippen molar-refractivity contribution < 1.29 is 0 Å². The molecule has 2 aliphatic rings. The predicted molar refractivity (Wildman–Crippen MR) is 65.3 cm³/mol. The average Bonchev–Trinajstić information content (AvgIpc) is 2.93. The number of fused-ring (bicyclic) bond motifs is 2. The molecule has 2 heteroatoms. The molecule has 82 valence electrons.